The van der Waals surface area contributed by atoms with Crippen molar-refractivity contribution in [1.29, 1.82) is 0 Å². The highest BCUT2D eigenvalue weighted by atomic mass is 16.2. The van der Waals surface area contributed by atoms with Crippen LogP contribution in [0.4, 0.5) is 0 Å². The fourth-order valence-electron chi connectivity index (χ4n) is 2.82. The third-order valence-corrected chi connectivity index (χ3v) is 3.75. The Morgan fingerprint density at radius 3 is 2.27 bits per heavy atom. The van der Waals surface area contributed by atoms with Gasteiger partial charge in [-0.25, -0.2) is 0 Å². The van der Waals surface area contributed by atoms with Crippen molar-refractivity contribution in [3.63, 3.8) is 0 Å². The van der Waals surface area contributed by atoms with Crippen molar-refractivity contribution in [2.24, 2.45) is 11.8 Å². The average Bonchev–Trinajstić information content (AvgIpc) is 2.40. The van der Waals surface area contributed by atoms with E-state index in [1.165, 1.54) is 19.3 Å². The molecule has 1 saturated carbocycles. The number of Topliss-reactive ketones (excluding diaryl/α,β-unsaturated/α-hetero) is 1. The van der Waals surface area contributed by atoms with Gasteiger partial charge < -0.3 is 4.90 Å². The maximum absolute atomic E-state index is 11.7. The average molecular weight is 209 g/mol. The van der Waals surface area contributed by atoms with Crippen LogP contribution in [0, 0.1) is 11.8 Å². The zero-order chi connectivity index (χ0) is 11.0. The van der Waals surface area contributed by atoms with Crippen LogP contribution in [0.2, 0.25) is 0 Å². The summed E-state index contributed by atoms with van der Waals surface area (Å²) < 4.78 is 0. The summed E-state index contributed by atoms with van der Waals surface area (Å²) in [5.41, 5.74) is 0. The monoisotopic (exact) mass is 209 g/mol. The van der Waals surface area contributed by atoms with Gasteiger partial charge in [0.15, 0.2) is 0 Å². The fraction of sp³-hybridized carbons (Fsp3) is 0.833. The first kappa shape index (κ1) is 10.7. The molecule has 3 heteroatoms. The van der Waals surface area contributed by atoms with E-state index >= 15 is 0 Å². The Bertz CT molecular complexity index is 281. The van der Waals surface area contributed by atoms with Crippen molar-refractivity contribution in [2.75, 3.05) is 6.54 Å². The second-order valence-corrected chi connectivity index (χ2v) is 5.10. The van der Waals surface area contributed by atoms with E-state index in [0.717, 1.165) is 0 Å². The Morgan fingerprint density at radius 1 is 1.27 bits per heavy atom. The van der Waals surface area contributed by atoms with Crippen molar-refractivity contribution >= 4 is 11.7 Å². The molecule has 0 aromatic rings. The molecule has 1 saturated heterocycles. The molecule has 0 aromatic heterocycles. The second-order valence-electron chi connectivity index (χ2n) is 5.10. The molecule has 3 nitrogen and oxygen atoms in total. The van der Waals surface area contributed by atoms with E-state index in [-0.39, 0.29) is 11.7 Å². The first-order valence-electron chi connectivity index (χ1n) is 5.95. The molecule has 0 radical (unpaired) electrons. The van der Waals surface area contributed by atoms with E-state index < -0.39 is 0 Å². The number of hydrogen-bond donors (Lipinski definition) is 0. The van der Waals surface area contributed by atoms with E-state index in [2.05, 4.69) is 13.8 Å². The topological polar surface area (TPSA) is 37.4 Å². The number of ketones is 1. The van der Waals surface area contributed by atoms with Crippen LogP contribution in [0.3, 0.4) is 0 Å². The summed E-state index contributed by atoms with van der Waals surface area (Å²) in [4.78, 5) is 24.8. The number of carbonyl (C=O) groups is 2. The Balaban J connectivity index is 2.10. The molecule has 0 bridgehead atoms. The van der Waals surface area contributed by atoms with E-state index in [1.807, 2.05) is 4.90 Å². The Kier molecular flexibility index (Phi) is 2.81. The van der Waals surface area contributed by atoms with Crippen molar-refractivity contribution in [3.8, 4) is 0 Å². The van der Waals surface area contributed by atoms with E-state index in [0.29, 0.717) is 30.8 Å². The number of hydrogen-bond acceptors (Lipinski definition) is 2. The molecule has 2 rings (SSSR count). The van der Waals surface area contributed by atoms with Gasteiger partial charge in [-0.2, -0.15) is 0 Å². The van der Waals surface area contributed by atoms with Crippen LogP contribution in [-0.2, 0) is 9.59 Å². The van der Waals surface area contributed by atoms with Crippen molar-refractivity contribution in [2.45, 2.75) is 45.6 Å². The number of rotatable bonds is 3. The van der Waals surface area contributed by atoms with Crippen LogP contribution < -0.4 is 0 Å². The van der Waals surface area contributed by atoms with Gasteiger partial charge in [-0.05, 0) is 24.7 Å². The van der Waals surface area contributed by atoms with Crippen LogP contribution >= 0.6 is 0 Å². The molecule has 1 unspecified atom stereocenters. The highest BCUT2D eigenvalue weighted by Gasteiger charge is 2.40. The van der Waals surface area contributed by atoms with E-state index in [4.69, 9.17) is 0 Å². The molecular formula is C12H19NO2. The summed E-state index contributed by atoms with van der Waals surface area (Å²) in [6, 6.07) is 0.303. The molecule has 1 heterocycles. The van der Waals surface area contributed by atoms with Crippen molar-refractivity contribution in [3.05, 3.63) is 0 Å². The lowest BCUT2D eigenvalue weighted by atomic mass is 9.75. The van der Waals surface area contributed by atoms with E-state index in [1.54, 1.807) is 0 Å². The molecule has 0 N–H and O–H groups in total. The van der Waals surface area contributed by atoms with Crippen LogP contribution in [0.5, 0.6) is 0 Å². The number of amides is 1. The summed E-state index contributed by atoms with van der Waals surface area (Å²) in [5, 5.41) is 0. The molecule has 1 amide bonds. The van der Waals surface area contributed by atoms with Gasteiger partial charge in [0, 0.05) is 19.0 Å². The first-order valence-corrected chi connectivity index (χ1v) is 5.95. The SMILES string of the molecule is CC(C)C(C1CCC1)N1CCC(=O)C1=O. The normalized spacial score (nSPS) is 24.9. The summed E-state index contributed by atoms with van der Waals surface area (Å²) in [5.74, 6) is 0.672. The second kappa shape index (κ2) is 3.95. The molecule has 1 atom stereocenters. The highest BCUT2D eigenvalue weighted by molar-refractivity contribution is 6.37. The first-order chi connectivity index (χ1) is 7.11. The minimum absolute atomic E-state index is 0.194. The standard InChI is InChI=1S/C12H19NO2/c1-8(2)11(9-4-3-5-9)13-7-6-10(14)12(13)15/h8-9,11H,3-7H2,1-2H3. The van der Waals surface area contributed by atoms with Gasteiger partial charge in [0.25, 0.3) is 5.91 Å². The zero-order valence-electron chi connectivity index (χ0n) is 9.53. The summed E-state index contributed by atoms with van der Waals surface area (Å²) >= 11 is 0. The lowest BCUT2D eigenvalue weighted by molar-refractivity contribution is -0.143. The smallest absolute Gasteiger partial charge is 0.290 e. The molecule has 2 fully saturated rings. The Morgan fingerprint density at radius 2 is 1.93 bits per heavy atom. The van der Waals surface area contributed by atoms with Crippen LogP contribution in [0.15, 0.2) is 0 Å². The van der Waals surface area contributed by atoms with Gasteiger partial charge in [-0.1, -0.05) is 20.3 Å². The third-order valence-electron chi connectivity index (χ3n) is 3.75. The molecule has 0 spiro atoms. The summed E-state index contributed by atoms with van der Waals surface area (Å²) in [7, 11) is 0. The summed E-state index contributed by atoms with van der Waals surface area (Å²) in [6.45, 7) is 4.95. The van der Waals surface area contributed by atoms with Gasteiger partial charge in [-0.15, -0.1) is 0 Å². The lowest BCUT2D eigenvalue weighted by Crippen LogP contribution is -2.47. The van der Waals surface area contributed by atoms with Crippen LogP contribution in [-0.4, -0.2) is 29.2 Å². The fourth-order valence-corrected chi connectivity index (χ4v) is 2.82. The number of likely N-dealkylation sites (tertiary alicyclic amines) is 1. The number of nitrogens with zero attached hydrogens (tertiary/aromatic N) is 1. The third kappa shape index (κ3) is 1.80. The quantitative estimate of drug-likeness (QED) is 0.662. The van der Waals surface area contributed by atoms with Gasteiger partial charge in [0.1, 0.15) is 0 Å². The predicted octanol–water partition coefficient (Wildman–Crippen LogP) is 1.61. The van der Waals surface area contributed by atoms with Crippen LogP contribution in [0.1, 0.15) is 39.5 Å². The Hall–Kier alpha value is -0.860. The minimum atomic E-state index is -0.236. The zero-order valence-corrected chi connectivity index (χ0v) is 9.53. The van der Waals surface area contributed by atoms with Gasteiger partial charge in [-0.3, -0.25) is 9.59 Å². The predicted molar refractivity (Wildman–Crippen MR) is 57.3 cm³/mol. The molecule has 0 aromatic carbocycles. The van der Waals surface area contributed by atoms with Gasteiger partial charge in [0.2, 0.25) is 5.78 Å². The van der Waals surface area contributed by atoms with Crippen molar-refractivity contribution < 1.29 is 9.59 Å². The molecule has 1 aliphatic carbocycles. The minimum Gasteiger partial charge on any atom is -0.332 e. The summed E-state index contributed by atoms with van der Waals surface area (Å²) in [6.07, 6.45) is 4.15. The van der Waals surface area contributed by atoms with E-state index in [9.17, 15) is 9.59 Å². The van der Waals surface area contributed by atoms with Gasteiger partial charge >= 0.3 is 0 Å². The molecule has 1 aliphatic heterocycles. The molecule has 2 aliphatic rings. The lowest BCUT2D eigenvalue weighted by Gasteiger charge is -2.41. The highest BCUT2D eigenvalue weighted by Crippen LogP contribution is 2.36. The molecule has 84 valence electrons. The number of carbonyl (C=O) groups excluding carboxylic acids is 2. The Labute approximate surface area is 90.8 Å². The van der Waals surface area contributed by atoms with Gasteiger partial charge in [0.05, 0.1) is 0 Å². The maximum atomic E-state index is 11.7. The maximum Gasteiger partial charge on any atom is 0.290 e. The van der Waals surface area contributed by atoms with Crippen LogP contribution in [0.25, 0.3) is 0 Å². The van der Waals surface area contributed by atoms with Crippen molar-refractivity contribution in [1.82, 2.24) is 4.90 Å². The molecule has 15 heavy (non-hydrogen) atoms. The molecular weight excluding hydrogens is 190 g/mol. The largest absolute Gasteiger partial charge is 0.332 e.